The number of nitrogens with one attached hydrogen (secondary N) is 1. The molecule has 0 amide bonds. The van der Waals surface area contributed by atoms with Crippen LogP contribution in [0.2, 0.25) is 0 Å². The van der Waals surface area contributed by atoms with E-state index in [1.54, 1.807) is 13.8 Å². The summed E-state index contributed by atoms with van der Waals surface area (Å²) in [4.78, 5) is -0.451. The van der Waals surface area contributed by atoms with Gasteiger partial charge in [0, 0.05) is 12.2 Å². The summed E-state index contributed by atoms with van der Waals surface area (Å²) in [6.07, 6.45) is 0.456. The van der Waals surface area contributed by atoms with Crippen molar-refractivity contribution in [3.05, 3.63) is 23.5 Å². The van der Waals surface area contributed by atoms with Crippen LogP contribution in [0.1, 0.15) is 25.3 Å². The average Bonchev–Trinajstić information content (AvgIpc) is 2.29. The molecule has 0 aromatic heterocycles. The molecule has 1 aromatic rings. The van der Waals surface area contributed by atoms with Crippen molar-refractivity contribution < 1.29 is 17.9 Å². The van der Waals surface area contributed by atoms with Gasteiger partial charge in [-0.05, 0) is 44.4 Å². The second kappa shape index (κ2) is 6.31. The maximum Gasteiger partial charge on any atom is 0.243 e. The lowest BCUT2D eigenvalue weighted by Gasteiger charge is -2.10. The van der Waals surface area contributed by atoms with Gasteiger partial charge in [0.05, 0.1) is 6.10 Å². The highest BCUT2D eigenvalue weighted by Gasteiger charge is 2.19. The fraction of sp³-hybridized carbons (Fsp3) is 0.500. The van der Waals surface area contributed by atoms with E-state index in [0.717, 1.165) is 12.1 Å². The van der Waals surface area contributed by atoms with Crippen LogP contribution in [0.15, 0.2) is 17.0 Å². The standard InChI is InChI=1S/C12H19FN2O3S/c1-8-6-10(13)12(7-11(8)14)19(17,18)15-5-3-4-9(2)16/h6-7,9,15-16H,3-5,14H2,1-2H3. The normalized spacial score (nSPS) is 13.5. The molecule has 0 aliphatic heterocycles. The van der Waals surface area contributed by atoms with Gasteiger partial charge in [0.25, 0.3) is 0 Å². The van der Waals surface area contributed by atoms with Crippen molar-refractivity contribution in [1.82, 2.24) is 4.72 Å². The zero-order valence-electron chi connectivity index (χ0n) is 11.0. The Kier molecular flexibility index (Phi) is 5.28. The first-order valence-electron chi connectivity index (χ1n) is 5.97. The molecule has 1 aromatic carbocycles. The third-order valence-corrected chi connectivity index (χ3v) is 4.18. The summed E-state index contributed by atoms with van der Waals surface area (Å²) in [7, 11) is -3.91. The molecule has 4 N–H and O–H groups in total. The molecule has 0 aliphatic rings. The first-order valence-corrected chi connectivity index (χ1v) is 7.45. The monoisotopic (exact) mass is 290 g/mol. The van der Waals surface area contributed by atoms with Gasteiger partial charge in [-0.2, -0.15) is 0 Å². The van der Waals surface area contributed by atoms with Gasteiger partial charge in [-0.3, -0.25) is 0 Å². The Morgan fingerprint density at radius 2 is 2.11 bits per heavy atom. The van der Waals surface area contributed by atoms with E-state index < -0.39 is 26.8 Å². The third-order valence-electron chi connectivity index (χ3n) is 2.70. The number of rotatable bonds is 6. The fourth-order valence-corrected chi connectivity index (χ4v) is 2.72. The molecule has 0 radical (unpaired) electrons. The van der Waals surface area contributed by atoms with Gasteiger partial charge in [-0.1, -0.05) is 0 Å². The smallest absolute Gasteiger partial charge is 0.243 e. The molecule has 0 heterocycles. The lowest BCUT2D eigenvalue weighted by atomic mass is 10.2. The number of nitrogens with two attached hydrogens (primary N) is 1. The van der Waals surface area contributed by atoms with E-state index in [1.807, 2.05) is 0 Å². The largest absolute Gasteiger partial charge is 0.398 e. The predicted octanol–water partition coefficient (Wildman–Crippen LogP) is 1.16. The van der Waals surface area contributed by atoms with E-state index in [0.29, 0.717) is 18.4 Å². The molecule has 0 saturated carbocycles. The Labute approximate surface area is 112 Å². The van der Waals surface area contributed by atoms with Gasteiger partial charge in [0.2, 0.25) is 10.0 Å². The molecule has 0 aliphatic carbocycles. The molecule has 0 spiro atoms. The van der Waals surface area contributed by atoms with Gasteiger partial charge < -0.3 is 10.8 Å². The Morgan fingerprint density at radius 3 is 2.68 bits per heavy atom. The van der Waals surface area contributed by atoms with Gasteiger partial charge >= 0.3 is 0 Å². The zero-order chi connectivity index (χ0) is 14.6. The number of hydrogen-bond donors (Lipinski definition) is 3. The van der Waals surface area contributed by atoms with Crippen LogP contribution in [0, 0.1) is 12.7 Å². The highest BCUT2D eigenvalue weighted by molar-refractivity contribution is 7.89. The van der Waals surface area contributed by atoms with Crippen LogP contribution in [0.5, 0.6) is 0 Å². The number of aliphatic hydroxyl groups is 1. The number of sulfonamides is 1. The van der Waals surface area contributed by atoms with Crippen molar-refractivity contribution in [2.45, 2.75) is 37.7 Å². The van der Waals surface area contributed by atoms with Gasteiger partial charge in [-0.25, -0.2) is 17.5 Å². The number of halogens is 1. The molecule has 1 atom stereocenters. The van der Waals surface area contributed by atoms with Crippen molar-refractivity contribution in [3.8, 4) is 0 Å². The molecule has 0 fully saturated rings. The molecule has 108 valence electrons. The summed E-state index contributed by atoms with van der Waals surface area (Å²) >= 11 is 0. The molecule has 5 nitrogen and oxygen atoms in total. The minimum absolute atomic E-state index is 0.139. The lowest BCUT2D eigenvalue weighted by molar-refractivity contribution is 0.182. The predicted molar refractivity (Wildman–Crippen MR) is 71.7 cm³/mol. The number of aryl methyl sites for hydroxylation is 1. The summed E-state index contributed by atoms with van der Waals surface area (Å²) in [6, 6.07) is 2.21. The minimum atomic E-state index is -3.91. The molecule has 1 rings (SSSR count). The highest BCUT2D eigenvalue weighted by atomic mass is 32.2. The number of anilines is 1. The van der Waals surface area contributed by atoms with Crippen LogP contribution in [0.25, 0.3) is 0 Å². The molecular formula is C12H19FN2O3S. The maximum absolute atomic E-state index is 13.6. The van der Waals surface area contributed by atoms with Crippen LogP contribution >= 0.6 is 0 Å². The van der Waals surface area contributed by atoms with Gasteiger partial charge in [-0.15, -0.1) is 0 Å². The number of hydrogen-bond acceptors (Lipinski definition) is 4. The van der Waals surface area contributed by atoms with Gasteiger partial charge in [0.1, 0.15) is 10.7 Å². The first kappa shape index (κ1) is 15.9. The Bertz CT molecular complexity index is 544. The van der Waals surface area contributed by atoms with Crippen LogP contribution < -0.4 is 10.5 Å². The minimum Gasteiger partial charge on any atom is -0.398 e. The third kappa shape index (κ3) is 4.45. The fourth-order valence-electron chi connectivity index (χ4n) is 1.56. The summed E-state index contributed by atoms with van der Waals surface area (Å²) in [5, 5.41) is 9.06. The topological polar surface area (TPSA) is 92.4 Å². The quantitative estimate of drug-likeness (QED) is 0.541. The Balaban J connectivity index is 2.80. The lowest BCUT2D eigenvalue weighted by Crippen LogP contribution is -2.26. The van der Waals surface area contributed by atoms with Crippen molar-refractivity contribution in [2.24, 2.45) is 0 Å². The molecule has 0 saturated heterocycles. The summed E-state index contributed by atoms with van der Waals surface area (Å²) in [6.45, 7) is 3.36. The van der Waals surface area contributed by atoms with Gasteiger partial charge in [0.15, 0.2) is 0 Å². The molecular weight excluding hydrogens is 271 g/mol. The second-order valence-corrected chi connectivity index (χ2v) is 6.26. The average molecular weight is 290 g/mol. The summed E-state index contributed by atoms with van der Waals surface area (Å²) in [5.41, 5.74) is 6.31. The maximum atomic E-state index is 13.6. The summed E-state index contributed by atoms with van der Waals surface area (Å²) in [5.74, 6) is -0.824. The van der Waals surface area contributed by atoms with E-state index in [9.17, 15) is 12.8 Å². The second-order valence-electron chi connectivity index (χ2n) is 4.53. The van der Waals surface area contributed by atoms with E-state index in [4.69, 9.17) is 10.8 Å². The number of benzene rings is 1. The number of aliphatic hydroxyl groups excluding tert-OH is 1. The van der Waals surface area contributed by atoms with Crippen LogP contribution in [-0.2, 0) is 10.0 Å². The molecule has 0 bridgehead atoms. The van der Waals surface area contributed by atoms with E-state index in [-0.39, 0.29) is 12.2 Å². The van der Waals surface area contributed by atoms with Crippen LogP contribution in [-0.4, -0.2) is 26.2 Å². The molecule has 1 unspecified atom stereocenters. The van der Waals surface area contributed by atoms with Crippen LogP contribution in [0.4, 0.5) is 10.1 Å². The van der Waals surface area contributed by atoms with Crippen molar-refractivity contribution in [2.75, 3.05) is 12.3 Å². The Hall–Kier alpha value is -1.18. The zero-order valence-corrected chi connectivity index (χ0v) is 11.8. The van der Waals surface area contributed by atoms with E-state index in [1.165, 1.54) is 0 Å². The van der Waals surface area contributed by atoms with Crippen molar-refractivity contribution in [3.63, 3.8) is 0 Å². The van der Waals surface area contributed by atoms with Crippen molar-refractivity contribution >= 4 is 15.7 Å². The first-order chi connectivity index (χ1) is 8.74. The van der Waals surface area contributed by atoms with Crippen molar-refractivity contribution in [1.29, 1.82) is 0 Å². The SMILES string of the molecule is Cc1cc(F)c(S(=O)(=O)NCCCC(C)O)cc1N. The van der Waals surface area contributed by atoms with E-state index in [2.05, 4.69) is 4.72 Å². The summed E-state index contributed by atoms with van der Waals surface area (Å²) < 4.78 is 39.7. The molecule has 19 heavy (non-hydrogen) atoms. The van der Waals surface area contributed by atoms with Crippen LogP contribution in [0.3, 0.4) is 0 Å². The Morgan fingerprint density at radius 1 is 1.47 bits per heavy atom. The number of nitrogen functional groups attached to an aromatic ring is 1. The molecule has 7 heteroatoms. The van der Waals surface area contributed by atoms with E-state index >= 15 is 0 Å². The highest BCUT2D eigenvalue weighted by Crippen LogP contribution is 2.21.